The first-order valence-corrected chi connectivity index (χ1v) is 8.05. The molecule has 19 heavy (non-hydrogen) atoms. The maximum absolute atomic E-state index is 3.95. The van der Waals surface area contributed by atoms with Crippen LogP contribution in [0.1, 0.15) is 50.7 Å². The molecule has 1 N–H and O–H groups in total. The first-order valence-electron chi connectivity index (χ1n) is 8.05. The summed E-state index contributed by atoms with van der Waals surface area (Å²) in [6, 6.07) is 10.6. The zero-order valence-corrected chi connectivity index (χ0v) is 12.4. The number of piperidine rings is 1. The summed E-state index contributed by atoms with van der Waals surface area (Å²) in [6.45, 7) is 4.69. The molecular formula is C18H27N. The third-order valence-corrected chi connectivity index (χ3v) is 5.03. The van der Waals surface area contributed by atoms with E-state index < -0.39 is 0 Å². The highest BCUT2D eigenvalue weighted by atomic mass is 15.0. The Morgan fingerprint density at radius 1 is 1.11 bits per heavy atom. The Morgan fingerprint density at radius 3 is 2.58 bits per heavy atom. The average molecular weight is 257 g/mol. The fraction of sp³-hybridized carbons (Fsp3) is 0.667. The van der Waals surface area contributed by atoms with Crippen LogP contribution in [-0.4, -0.2) is 12.1 Å². The van der Waals surface area contributed by atoms with E-state index in [4.69, 9.17) is 0 Å². The average Bonchev–Trinajstić information content (AvgIpc) is 2.36. The highest BCUT2D eigenvalue weighted by molar-refractivity contribution is 5.30. The van der Waals surface area contributed by atoms with Gasteiger partial charge in [-0.2, -0.15) is 0 Å². The van der Waals surface area contributed by atoms with E-state index >= 15 is 0 Å². The Morgan fingerprint density at radius 2 is 1.84 bits per heavy atom. The van der Waals surface area contributed by atoms with Gasteiger partial charge in [-0.05, 0) is 61.5 Å². The van der Waals surface area contributed by atoms with Crippen LogP contribution >= 0.6 is 0 Å². The summed E-state index contributed by atoms with van der Waals surface area (Å²) in [5.74, 6) is 1.69. The third-order valence-electron chi connectivity index (χ3n) is 5.03. The lowest BCUT2D eigenvalue weighted by atomic mass is 9.75. The second-order valence-electron chi connectivity index (χ2n) is 6.96. The van der Waals surface area contributed by atoms with Crippen molar-refractivity contribution in [3.8, 4) is 0 Å². The molecule has 104 valence electrons. The second kappa shape index (κ2) is 5.66. The van der Waals surface area contributed by atoms with E-state index in [-0.39, 0.29) is 0 Å². The van der Waals surface area contributed by atoms with Crippen LogP contribution in [0.4, 0.5) is 0 Å². The molecule has 0 amide bonds. The van der Waals surface area contributed by atoms with Crippen LogP contribution in [0.25, 0.3) is 0 Å². The molecule has 1 aromatic carbocycles. The lowest BCUT2D eigenvalue weighted by Crippen LogP contribution is -2.50. The molecule has 0 radical (unpaired) electrons. The van der Waals surface area contributed by atoms with Crippen LogP contribution in [0.3, 0.4) is 0 Å². The summed E-state index contributed by atoms with van der Waals surface area (Å²) < 4.78 is 0. The third kappa shape index (κ3) is 3.02. The van der Waals surface area contributed by atoms with Gasteiger partial charge in [0, 0.05) is 12.1 Å². The van der Waals surface area contributed by atoms with Gasteiger partial charge in [0.25, 0.3) is 0 Å². The van der Waals surface area contributed by atoms with Crippen LogP contribution < -0.4 is 5.32 Å². The summed E-state index contributed by atoms with van der Waals surface area (Å²) in [7, 11) is 0. The molecule has 0 saturated carbocycles. The van der Waals surface area contributed by atoms with Crippen molar-refractivity contribution in [1.29, 1.82) is 0 Å². The summed E-state index contributed by atoms with van der Waals surface area (Å²) in [5, 5.41) is 3.95. The second-order valence-corrected chi connectivity index (χ2v) is 6.96. The van der Waals surface area contributed by atoms with Crippen molar-refractivity contribution in [2.45, 2.75) is 64.5 Å². The maximum Gasteiger partial charge on any atom is 0.0110 e. The molecule has 0 unspecified atom stereocenters. The molecule has 1 aromatic rings. The van der Waals surface area contributed by atoms with Gasteiger partial charge in [-0.1, -0.05) is 38.1 Å². The van der Waals surface area contributed by atoms with Gasteiger partial charge in [0.15, 0.2) is 0 Å². The molecular weight excluding hydrogens is 230 g/mol. The molecule has 0 aromatic heterocycles. The summed E-state index contributed by atoms with van der Waals surface area (Å²) in [6.07, 6.45) is 8.05. The van der Waals surface area contributed by atoms with Gasteiger partial charge < -0.3 is 5.32 Å². The largest absolute Gasteiger partial charge is 0.311 e. The minimum Gasteiger partial charge on any atom is -0.311 e. The van der Waals surface area contributed by atoms with Gasteiger partial charge in [-0.3, -0.25) is 0 Å². The van der Waals surface area contributed by atoms with Crippen molar-refractivity contribution in [3.05, 3.63) is 35.4 Å². The summed E-state index contributed by atoms with van der Waals surface area (Å²) >= 11 is 0. The van der Waals surface area contributed by atoms with Gasteiger partial charge in [0.2, 0.25) is 0 Å². The predicted molar refractivity (Wildman–Crippen MR) is 81.4 cm³/mol. The Labute approximate surface area is 117 Å². The molecule has 1 fully saturated rings. The van der Waals surface area contributed by atoms with Gasteiger partial charge in [-0.25, -0.2) is 0 Å². The van der Waals surface area contributed by atoms with E-state index in [1.807, 2.05) is 0 Å². The maximum atomic E-state index is 3.95. The van der Waals surface area contributed by atoms with E-state index in [2.05, 4.69) is 43.4 Å². The molecule has 1 aliphatic carbocycles. The van der Waals surface area contributed by atoms with Gasteiger partial charge >= 0.3 is 0 Å². The molecule has 2 heterocycles. The van der Waals surface area contributed by atoms with Crippen LogP contribution in [-0.2, 0) is 12.8 Å². The van der Waals surface area contributed by atoms with E-state index in [0.717, 1.165) is 23.9 Å². The van der Waals surface area contributed by atoms with Crippen molar-refractivity contribution < 1.29 is 0 Å². The first-order chi connectivity index (χ1) is 9.22. The van der Waals surface area contributed by atoms with Crippen LogP contribution in [0, 0.1) is 11.8 Å². The standard InChI is InChI=1S/C18H27N/c1-13(2)7-10-18-16-8-9-17(19-18)12-15-6-4-3-5-14(15)11-16/h3-6,13,16-19H,7-12H2,1-2H3/t16-,17+,18+/m0/s1. The molecule has 3 atom stereocenters. The van der Waals surface area contributed by atoms with Crippen molar-refractivity contribution in [2.24, 2.45) is 11.8 Å². The molecule has 2 aliphatic heterocycles. The number of hydrogen-bond donors (Lipinski definition) is 1. The highest BCUT2D eigenvalue weighted by Crippen LogP contribution is 2.32. The van der Waals surface area contributed by atoms with Crippen LogP contribution in [0.2, 0.25) is 0 Å². The Balaban J connectivity index is 1.77. The zero-order chi connectivity index (χ0) is 13.2. The van der Waals surface area contributed by atoms with E-state index in [1.165, 1.54) is 38.5 Å². The van der Waals surface area contributed by atoms with Crippen molar-refractivity contribution in [1.82, 2.24) is 5.32 Å². The number of hydrogen-bond acceptors (Lipinski definition) is 1. The highest BCUT2D eigenvalue weighted by Gasteiger charge is 2.32. The number of fused-ring (bicyclic) bond motifs is 2. The quantitative estimate of drug-likeness (QED) is 0.864. The van der Waals surface area contributed by atoms with Crippen LogP contribution in [0.15, 0.2) is 24.3 Å². The Kier molecular flexibility index (Phi) is 3.93. The van der Waals surface area contributed by atoms with Crippen molar-refractivity contribution in [3.63, 3.8) is 0 Å². The predicted octanol–water partition coefficient (Wildman–Crippen LogP) is 3.96. The smallest absolute Gasteiger partial charge is 0.0110 e. The molecule has 1 nitrogen and oxygen atoms in total. The number of rotatable bonds is 3. The Hall–Kier alpha value is -0.820. The van der Waals surface area contributed by atoms with E-state index in [0.29, 0.717) is 0 Å². The number of benzene rings is 1. The minimum absolute atomic E-state index is 0.717. The van der Waals surface area contributed by atoms with Crippen LogP contribution in [0.5, 0.6) is 0 Å². The van der Waals surface area contributed by atoms with Crippen molar-refractivity contribution >= 4 is 0 Å². The van der Waals surface area contributed by atoms with Crippen molar-refractivity contribution in [2.75, 3.05) is 0 Å². The van der Waals surface area contributed by atoms with E-state index in [1.54, 1.807) is 11.1 Å². The molecule has 1 heteroatoms. The van der Waals surface area contributed by atoms with Gasteiger partial charge in [0.1, 0.15) is 0 Å². The zero-order valence-electron chi connectivity index (χ0n) is 12.4. The minimum atomic E-state index is 0.717. The summed E-state index contributed by atoms with van der Waals surface area (Å²) in [5.41, 5.74) is 3.21. The Bertz CT molecular complexity index is 423. The van der Waals surface area contributed by atoms with Gasteiger partial charge in [0.05, 0.1) is 0 Å². The number of nitrogens with one attached hydrogen (secondary N) is 1. The van der Waals surface area contributed by atoms with E-state index in [9.17, 15) is 0 Å². The molecule has 3 aliphatic rings. The fourth-order valence-electron chi connectivity index (χ4n) is 3.88. The molecule has 1 saturated heterocycles. The SMILES string of the molecule is CC(C)CC[C@H]1N[C@@H]2CC[C@H]1Cc1ccccc1C2. The lowest BCUT2D eigenvalue weighted by molar-refractivity contribution is 0.202. The fourth-order valence-corrected chi connectivity index (χ4v) is 3.88. The lowest BCUT2D eigenvalue weighted by Gasteiger charge is -2.41. The molecule has 0 spiro atoms. The molecule has 2 bridgehead atoms. The first kappa shape index (κ1) is 13.2. The van der Waals surface area contributed by atoms with Gasteiger partial charge in [-0.15, -0.1) is 0 Å². The summed E-state index contributed by atoms with van der Waals surface area (Å²) in [4.78, 5) is 0. The topological polar surface area (TPSA) is 12.0 Å². The molecule has 4 rings (SSSR count). The monoisotopic (exact) mass is 257 g/mol. The normalized spacial score (nSPS) is 29.9.